The molecule has 0 spiro atoms. The summed E-state index contributed by atoms with van der Waals surface area (Å²) < 4.78 is 0. The molecule has 28 heavy (non-hydrogen) atoms. The molecule has 4 rings (SSSR count). The van der Waals surface area contributed by atoms with Crippen LogP contribution >= 0.6 is 23.7 Å². The van der Waals surface area contributed by atoms with Gasteiger partial charge in [0, 0.05) is 25.7 Å². The summed E-state index contributed by atoms with van der Waals surface area (Å²) in [5.41, 5.74) is 0. The molecule has 1 unspecified atom stereocenters. The zero-order chi connectivity index (χ0) is 18.5. The summed E-state index contributed by atoms with van der Waals surface area (Å²) in [7, 11) is 0. The summed E-state index contributed by atoms with van der Waals surface area (Å²) >= 11 is 1.62. The second-order valence-corrected chi connectivity index (χ2v) is 8.52. The van der Waals surface area contributed by atoms with Crippen molar-refractivity contribution in [3.63, 3.8) is 0 Å². The molecule has 2 N–H and O–H groups in total. The normalized spacial score (nSPS) is 20.7. The summed E-state index contributed by atoms with van der Waals surface area (Å²) in [6.45, 7) is 2.42. The average Bonchev–Trinajstić information content (AvgIpc) is 3.29. The number of halogens is 1. The summed E-state index contributed by atoms with van der Waals surface area (Å²) in [6.07, 6.45) is 11.5. The van der Waals surface area contributed by atoms with E-state index in [1.165, 1.54) is 38.5 Å². The Labute approximate surface area is 176 Å². The van der Waals surface area contributed by atoms with Gasteiger partial charge in [-0.3, -0.25) is 4.79 Å². The average molecular weight is 424 g/mol. The van der Waals surface area contributed by atoms with Gasteiger partial charge in [-0.05, 0) is 37.1 Å². The minimum Gasteiger partial charge on any atom is -0.353 e. The van der Waals surface area contributed by atoms with Gasteiger partial charge in [-0.15, -0.1) is 23.7 Å². The molecule has 3 heterocycles. The lowest BCUT2D eigenvalue weighted by molar-refractivity contribution is -0.122. The number of carbonyl (C=O) groups excluding carboxylic acids is 1. The predicted octanol–water partition coefficient (Wildman–Crippen LogP) is 3.51. The number of rotatable bonds is 6. The van der Waals surface area contributed by atoms with Crippen LogP contribution in [0.25, 0.3) is 10.2 Å². The summed E-state index contributed by atoms with van der Waals surface area (Å²) in [5, 5.41) is 9.85. The van der Waals surface area contributed by atoms with Crippen molar-refractivity contribution in [2.45, 2.75) is 63.5 Å². The fourth-order valence-corrected chi connectivity index (χ4v) is 5.09. The fourth-order valence-electron chi connectivity index (χ4n) is 4.36. The quantitative estimate of drug-likeness (QED) is 0.549. The maximum absolute atomic E-state index is 12.8. The number of carbonyl (C=O) groups is 1. The van der Waals surface area contributed by atoms with Crippen molar-refractivity contribution in [1.82, 2.24) is 20.6 Å². The second kappa shape index (κ2) is 10.4. The molecule has 2 aliphatic rings. The van der Waals surface area contributed by atoms with Crippen molar-refractivity contribution in [1.29, 1.82) is 0 Å². The minimum atomic E-state index is -0.124. The molecule has 2 aromatic rings. The standard InChI is InChI=1S/C20H29N5OS.ClH/c26-19(22-11-10-21-15-6-3-1-2-4-7-15)17-8-5-12-25(17)18-16-9-13-27-20(16)24-14-23-18;/h9,13-15,17,21H,1-8,10-12H2,(H,22,26);1H. The third-order valence-corrected chi connectivity index (χ3v) is 6.60. The van der Waals surface area contributed by atoms with Gasteiger partial charge < -0.3 is 15.5 Å². The minimum absolute atomic E-state index is 0. The maximum atomic E-state index is 12.8. The van der Waals surface area contributed by atoms with Gasteiger partial charge >= 0.3 is 0 Å². The van der Waals surface area contributed by atoms with Gasteiger partial charge in [0.25, 0.3) is 0 Å². The number of anilines is 1. The van der Waals surface area contributed by atoms with Crippen molar-refractivity contribution in [3.05, 3.63) is 17.8 Å². The molecule has 6 nitrogen and oxygen atoms in total. The lowest BCUT2D eigenvalue weighted by Crippen LogP contribution is -2.46. The third kappa shape index (κ3) is 4.93. The van der Waals surface area contributed by atoms with Crippen molar-refractivity contribution in [2.24, 2.45) is 0 Å². The first kappa shape index (κ1) is 21.3. The zero-order valence-electron chi connectivity index (χ0n) is 16.2. The van der Waals surface area contributed by atoms with E-state index in [1.54, 1.807) is 17.7 Å². The van der Waals surface area contributed by atoms with Crippen LogP contribution in [0.1, 0.15) is 51.4 Å². The van der Waals surface area contributed by atoms with Crippen molar-refractivity contribution in [3.8, 4) is 0 Å². The first-order valence-electron chi connectivity index (χ1n) is 10.3. The van der Waals surface area contributed by atoms with Gasteiger partial charge in [-0.25, -0.2) is 9.97 Å². The Kier molecular flexibility index (Phi) is 7.88. The van der Waals surface area contributed by atoms with Crippen LogP contribution in [0.2, 0.25) is 0 Å². The highest BCUT2D eigenvalue weighted by atomic mass is 35.5. The summed E-state index contributed by atoms with van der Waals surface area (Å²) in [5.74, 6) is 1.02. The first-order valence-corrected chi connectivity index (χ1v) is 11.2. The monoisotopic (exact) mass is 423 g/mol. The third-order valence-electron chi connectivity index (χ3n) is 5.78. The van der Waals surface area contributed by atoms with Gasteiger partial charge in [-0.2, -0.15) is 0 Å². The lowest BCUT2D eigenvalue weighted by Gasteiger charge is -2.25. The number of thiophene rings is 1. The molecule has 8 heteroatoms. The van der Waals surface area contributed by atoms with Gasteiger partial charge in [0.1, 0.15) is 23.0 Å². The van der Waals surface area contributed by atoms with Crippen LogP contribution in [0, 0.1) is 0 Å². The Bertz CT molecular complexity index is 762. The molecule has 0 aromatic carbocycles. The number of aromatic nitrogens is 2. The SMILES string of the molecule is Cl.O=C(NCCNC1CCCCCC1)C1CCCN1c1ncnc2sccc12. The van der Waals surface area contributed by atoms with Crippen molar-refractivity contribution in [2.75, 3.05) is 24.5 Å². The van der Waals surface area contributed by atoms with Gasteiger partial charge in [0.15, 0.2) is 0 Å². The molecule has 0 bridgehead atoms. The highest BCUT2D eigenvalue weighted by molar-refractivity contribution is 7.16. The molecule has 154 valence electrons. The lowest BCUT2D eigenvalue weighted by atomic mass is 10.1. The summed E-state index contributed by atoms with van der Waals surface area (Å²) in [6, 6.07) is 2.56. The number of amides is 1. The second-order valence-electron chi connectivity index (χ2n) is 7.62. The first-order chi connectivity index (χ1) is 13.3. The Morgan fingerprint density at radius 3 is 2.75 bits per heavy atom. The van der Waals surface area contributed by atoms with E-state index in [1.807, 2.05) is 5.38 Å². The molecule has 1 saturated heterocycles. The van der Waals surface area contributed by atoms with Gasteiger partial charge in [-0.1, -0.05) is 25.7 Å². The molecule has 0 radical (unpaired) electrons. The van der Waals surface area contributed by atoms with E-state index < -0.39 is 0 Å². The van der Waals surface area contributed by atoms with E-state index in [2.05, 4.69) is 31.6 Å². The van der Waals surface area contributed by atoms with Crippen LogP contribution < -0.4 is 15.5 Å². The molecular weight excluding hydrogens is 394 g/mol. The van der Waals surface area contributed by atoms with E-state index in [4.69, 9.17) is 0 Å². The largest absolute Gasteiger partial charge is 0.353 e. The van der Waals surface area contributed by atoms with Crippen LogP contribution in [0.5, 0.6) is 0 Å². The number of hydrogen-bond donors (Lipinski definition) is 2. The van der Waals surface area contributed by atoms with Crippen molar-refractivity contribution >= 4 is 45.7 Å². The molecule has 1 aliphatic carbocycles. The number of hydrogen-bond acceptors (Lipinski definition) is 6. The van der Waals surface area contributed by atoms with Crippen molar-refractivity contribution < 1.29 is 4.79 Å². The Morgan fingerprint density at radius 1 is 1.11 bits per heavy atom. The van der Waals surface area contributed by atoms with Crippen LogP contribution in [-0.2, 0) is 4.79 Å². The van der Waals surface area contributed by atoms with E-state index in [0.29, 0.717) is 12.6 Å². The van der Waals surface area contributed by atoms with Crippen LogP contribution in [0.4, 0.5) is 5.82 Å². The smallest absolute Gasteiger partial charge is 0.242 e. The fraction of sp³-hybridized carbons (Fsp3) is 0.650. The van der Waals surface area contributed by atoms with E-state index in [9.17, 15) is 4.79 Å². The summed E-state index contributed by atoms with van der Waals surface area (Å²) in [4.78, 5) is 24.7. The highest BCUT2D eigenvalue weighted by Gasteiger charge is 2.32. The van der Waals surface area contributed by atoms with Gasteiger partial charge in [0.2, 0.25) is 5.91 Å². The molecule has 1 saturated carbocycles. The molecular formula is C20H30ClN5OS. The number of nitrogens with zero attached hydrogens (tertiary/aromatic N) is 3. The molecule has 2 fully saturated rings. The van der Waals surface area contributed by atoms with Gasteiger partial charge in [0.05, 0.1) is 5.39 Å². The topological polar surface area (TPSA) is 70.2 Å². The number of nitrogens with one attached hydrogen (secondary N) is 2. The Balaban J connectivity index is 0.00000225. The van der Waals surface area contributed by atoms with E-state index in [-0.39, 0.29) is 24.4 Å². The number of fused-ring (bicyclic) bond motifs is 1. The van der Waals surface area contributed by atoms with E-state index >= 15 is 0 Å². The van der Waals surface area contributed by atoms with Crippen LogP contribution in [0.3, 0.4) is 0 Å². The predicted molar refractivity (Wildman–Crippen MR) is 118 cm³/mol. The molecule has 1 atom stereocenters. The Morgan fingerprint density at radius 2 is 1.93 bits per heavy atom. The molecule has 2 aromatic heterocycles. The van der Waals surface area contributed by atoms with Crippen LogP contribution in [-0.4, -0.2) is 47.6 Å². The maximum Gasteiger partial charge on any atom is 0.242 e. The van der Waals surface area contributed by atoms with Crippen LogP contribution in [0.15, 0.2) is 17.8 Å². The van der Waals surface area contributed by atoms with E-state index in [0.717, 1.165) is 42.0 Å². The molecule has 1 amide bonds. The molecule has 1 aliphatic heterocycles. The Hall–Kier alpha value is -1.44. The zero-order valence-corrected chi connectivity index (χ0v) is 17.9. The highest BCUT2D eigenvalue weighted by Crippen LogP contribution is 2.31.